The lowest BCUT2D eigenvalue weighted by Gasteiger charge is -2.09. The van der Waals surface area contributed by atoms with E-state index in [-0.39, 0.29) is 0 Å². The number of rotatable bonds is 2. The molecule has 20 heavy (non-hydrogen) atoms. The zero-order valence-corrected chi connectivity index (χ0v) is 11.8. The van der Waals surface area contributed by atoms with Crippen LogP contribution in [0.4, 0.5) is 5.69 Å². The van der Waals surface area contributed by atoms with E-state index in [2.05, 4.69) is 18.0 Å². The zero-order valence-electron chi connectivity index (χ0n) is 11.8. The molecule has 0 aliphatic carbocycles. The van der Waals surface area contributed by atoms with Crippen LogP contribution < -0.4 is 10.5 Å². The van der Waals surface area contributed by atoms with Crippen LogP contribution in [-0.4, -0.2) is 16.5 Å². The average Bonchev–Trinajstić information content (AvgIpc) is 2.75. The summed E-state index contributed by atoms with van der Waals surface area (Å²) in [6.07, 6.45) is 1.95. The van der Waals surface area contributed by atoms with Gasteiger partial charge in [-0.05, 0) is 38.1 Å². The van der Waals surface area contributed by atoms with Gasteiger partial charge in [0.25, 0.3) is 0 Å². The molecule has 0 aliphatic heterocycles. The van der Waals surface area contributed by atoms with Crippen molar-refractivity contribution in [3.63, 3.8) is 0 Å². The number of aromatic nitrogens is 2. The molecule has 2 heterocycles. The fourth-order valence-corrected chi connectivity index (χ4v) is 2.44. The van der Waals surface area contributed by atoms with Gasteiger partial charge in [-0.3, -0.25) is 4.40 Å². The van der Waals surface area contributed by atoms with Gasteiger partial charge in [0.05, 0.1) is 23.9 Å². The van der Waals surface area contributed by atoms with Gasteiger partial charge in [0.2, 0.25) is 0 Å². The number of ether oxygens (including phenoxy) is 1. The highest BCUT2D eigenvalue weighted by Gasteiger charge is 2.14. The maximum absolute atomic E-state index is 5.86. The van der Waals surface area contributed by atoms with Crippen molar-refractivity contribution in [3.05, 3.63) is 47.8 Å². The lowest BCUT2D eigenvalue weighted by atomic mass is 10.1. The number of hydrogen-bond donors (Lipinski definition) is 1. The first-order chi connectivity index (χ1) is 9.60. The van der Waals surface area contributed by atoms with E-state index in [1.807, 2.05) is 41.8 Å². The molecule has 3 rings (SSSR count). The van der Waals surface area contributed by atoms with Crippen molar-refractivity contribution in [2.24, 2.45) is 0 Å². The van der Waals surface area contributed by atoms with Gasteiger partial charge in [0.15, 0.2) is 0 Å². The van der Waals surface area contributed by atoms with Gasteiger partial charge in [-0.25, -0.2) is 4.98 Å². The summed E-state index contributed by atoms with van der Waals surface area (Å²) in [5.74, 6) is 1.69. The second-order valence-electron chi connectivity index (χ2n) is 4.94. The van der Waals surface area contributed by atoms with Crippen LogP contribution in [0.15, 0.2) is 36.5 Å². The second-order valence-corrected chi connectivity index (χ2v) is 4.94. The molecule has 0 amide bonds. The van der Waals surface area contributed by atoms with E-state index in [4.69, 9.17) is 10.5 Å². The lowest BCUT2D eigenvalue weighted by molar-refractivity contribution is 0.416. The third-order valence-corrected chi connectivity index (χ3v) is 3.45. The van der Waals surface area contributed by atoms with Gasteiger partial charge in [-0.2, -0.15) is 0 Å². The molecule has 0 aliphatic rings. The Balaban J connectivity index is 2.33. The van der Waals surface area contributed by atoms with E-state index in [0.29, 0.717) is 0 Å². The molecule has 1 aromatic carbocycles. The van der Waals surface area contributed by atoms with Crippen molar-refractivity contribution < 1.29 is 4.74 Å². The zero-order chi connectivity index (χ0) is 14.3. The summed E-state index contributed by atoms with van der Waals surface area (Å²) < 4.78 is 7.50. The first-order valence-electron chi connectivity index (χ1n) is 6.49. The standard InChI is InChI=1S/C16H17N3O/c1-10-4-5-15(20-3)13(8-10)16-18-11(2)14-9-12(17)6-7-19(14)16/h4-9H,17H2,1-3H3. The van der Waals surface area contributed by atoms with Gasteiger partial charge in [0.1, 0.15) is 11.6 Å². The van der Waals surface area contributed by atoms with Crippen molar-refractivity contribution in [2.45, 2.75) is 13.8 Å². The summed E-state index contributed by atoms with van der Waals surface area (Å²) in [4.78, 5) is 4.68. The van der Waals surface area contributed by atoms with Crippen LogP contribution in [0.5, 0.6) is 5.75 Å². The summed E-state index contributed by atoms with van der Waals surface area (Å²) in [5.41, 5.74) is 10.7. The number of fused-ring (bicyclic) bond motifs is 1. The summed E-state index contributed by atoms with van der Waals surface area (Å²) in [7, 11) is 1.68. The quantitative estimate of drug-likeness (QED) is 0.775. The SMILES string of the molecule is COc1ccc(C)cc1-c1nc(C)c2cc(N)ccn12. The topological polar surface area (TPSA) is 52.5 Å². The smallest absolute Gasteiger partial charge is 0.148 e. The highest BCUT2D eigenvalue weighted by Crippen LogP contribution is 2.31. The average molecular weight is 267 g/mol. The minimum atomic E-state index is 0.739. The number of methoxy groups -OCH3 is 1. The van der Waals surface area contributed by atoms with E-state index < -0.39 is 0 Å². The first kappa shape index (κ1) is 12.5. The monoisotopic (exact) mass is 267 g/mol. The van der Waals surface area contributed by atoms with Crippen LogP contribution in [0.1, 0.15) is 11.3 Å². The van der Waals surface area contributed by atoms with Crippen molar-refractivity contribution >= 4 is 11.2 Å². The molecular formula is C16H17N3O. The maximum atomic E-state index is 5.86. The molecule has 4 heteroatoms. The van der Waals surface area contributed by atoms with Crippen LogP contribution in [0, 0.1) is 13.8 Å². The van der Waals surface area contributed by atoms with Gasteiger partial charge in [-0.1, -0.05) is 11.6 Å². The van der Waals surface area contributed by atoms with Gasteiger partial charge in [-0.15, -0.1) is 0 Å². The Hall–Kier alpha value is -2.49. The third kappa shape index (κ3) is 1.90. The maximum Gasteiger partial charge on any atom is 0.148 e. The van der Waals surface area contributed by atoms with Gasteiger partial charge < -0.3 is 10.5 Å². The van der Waals surface area contributed by atoms with Crippen molar-refractivity contribution in [2.75, 3.05) is 12.8 Å². The van der Waals surface area contributed by atoms with Crippen molar-refractivity contribution in [3.8, 4) is 17.1 Å². The third-order valence-electron chi connectivity index (χ3n) is 3.45. The Morgan fingerprint density at radius 3 is 2.70 bits per heavy atom. The van der Waals surface area contributed by atoms with Crippen molar-refractivity contribution in [1.82, 2.24) is 9.38 Å². The Kier molecular flexibility index (Phi) is 2.86. The molecule has 0 fully saturated rings. The van der Waals surface area contributed by atoms with Gasteiger partial charge >= 0.3 is 0 Å². The predicted octanol–water partition coefficient (Wildman–Crippen LogP) is 3.21. The number of anilines is 1. The minimum Gasteiger partial charge on any atom is -0.496 e. The number of hydrogen-bond acceptors (Lipinski definition) is 3. The molecule has 0 spiro atoms. The van der Waals surface area contributed by atoms with Gasteiger partial charge in [0, 0.05) is 11.9 Å². The lowest BCUT2D eigenvalue weighted by Crippen LogP contribution is -1.94. The molecule has 0 saturated carbocycles. The van der Waals surface area contributed by atoms with E-state index in [1.54, 1.807) is 7.11 Å². The molecule has 2 N–H and O–H groups in total. The minimum absolute atomic E-state index is 0.739. The number of imidazole rings is 1. The van der Waals surface area contributed by atoms with E-state index in [0.717, 1.165) is 34.0 Å². The summed E-state index contributed by atoms with van der Waals surface area (Å²) in [6.45, 7) is 4.05. The van der Waals surface area contributed by atoms with E-state index in [9.17, 15) is 0 Å². The number of nitrogens with two attached hydrogens (primary N) is 1. The van der Waals surface area contributed by atoms with Crippen LogP contribution in [0.2, 0.25) is 0 Å². The molecule has 102 valence electrons. The van der Waals surface area contributed by atoms with Crippen LogP contribution in [0.3, 0.4) is 0 Å². The Bertz CT molecular complexity index is 790. The first-order valence-corrected chi connectivity index (χ1v) is 6.49. The van der Waals surface area contributed by atoms with Crippen LogP contribution in [-0.2, 0) is 0 Å². The Morgan fingerprint density at radius 2 is 1.95 bits per heavy atom. The molecular weight excluding hydrogens is 250 g/mol. The number of benzene rings is 1. The molecule has 0 radical (unpaired) electrons. The molecule has 2 aromatic heterocycles. The molecule has 0 saturated heterocycles. The molecule has 0 bridgehead atoms. The highest BCUT2D eigenvalue weighted by molar-refractivity contribution is 5.72. The molecule has 3 aromatic rings. The van der Waals surface area contributed by atoms with Crippen LogP contribution in [0.25, 0.3) is 16.9 Å². The molecule has 0 atom stereocenters. The summed E-state index contributed by atoms with van der Waals surface area (Å²) >= 11 is 0. The molecule has 0 unspecified atom stereocenters. The van der Waals surface area contributed by atoms with E-state index >= 15 is 0 Å². The number of aryl methyl sites for hydroxylation is 2. The number of pyridine rings is 1. The largest absolute Gasteiger partial charge is 0.496 e. The highest BCUT2D eigenvalue weighted by atomic mass is 16.5. The molecule has 4 nitrogen and oxygen atoms in total. The fraction of sp³-hybridized carbons (Fsp3) is 0.188. The predicted molar refractivity (Wildman–Crippen MR) is 81.1 cm³/mol. The van der Waals surface area contributed by atoms with E-state index in [1.165, 1.54) is 5.56 Å². The number of nitrogen functional groups attached to an aromatic ring is 1. The summed E-state index contributed by atoms with van der Waals surface area (Å²) in [6, 6.07) is 9.90. The van der Waals surface area contributed by atoms with Crippen LogP contribution >= 0.6 is 0 Å². The normalized spacial score (nSPS) is 10.9. The van der Waals surface area contributed by atoms with Crippen molar-refractivity contribution in [1.29, 1.82) is 0 Å². The second kappa shape index (κ2) is 4.56. The Morgan fingerprint density at radius 1 is 1.15 bits per heavy atom. The fourth-order valence-electron chi connectivity index (χ4n) is 2.44. The Labute approximate surface area is 117 Å². The summed E-state index contributed by atoms with van der Waals surface area (Å²) in [5, 5.41) is 0. The number of nitrogens with zero attached hydrogens (tertiary/aromatic N) is 2.